The molecule has 0 saturated carbocycles. The molecule has 1 rings (SSSR count). The van der Waals surface area contributed by atoms with Crippen molar-refractivity contribution in [2.45, 2.75) is 46.6 Å². The predicted octanol–water partition coefficient (Wildman–Crippen LogP) is 2.35. The highest BCUT2D eigenvalue weighted by Gasteiger charge is 2.21. The molecular formula is C13H28N2. The van der Waals surface area contributed by atoms with Gasteiger partial charge in [-0.1, -0.05) is 34.1 Å². The first-order chi connectivity index (χ1) is 7.11. The van der Waals surface area contributed by atoms with Crippen LogP contribution in [0.25, 0.3) is 0 Å². The van der Waals surface area contributed by atoms with E-state index in [-0.39, 0.29) is 0 Å². The smallest absolute Gasteiger partial charge is 0.00193 e. The van der Waals surface area contributed by atoms with Crippen LogP contribution in [0.5, 0.6) is 0 Å². The van der Waals surface area contributed by atoms with Gasteiger partial charge in [-0.15, -0.1) is 0 Å². The molecule has 15 heavy (non-hydrogen) atoms. The molecule has 2 heteroatoms. The molecule has 1 aliphatic rings. The van der Waals surface area contributed by atoms with Crippen LogP contribution in [-0.4, -0.2) is 37.1 Å². The molecular weight excluding hydrogens is 184 g/mol. The Balaban J connectivity index is 2.13. The van der Waals surface area contributed by atoms with Crippen LogP contribution < -0.4 is 5.32 Å². The third-order valence-electron chi connectivity index (χ3n) is 3.39. The largest absolute Gasteiger partial charge is 0.314 e. The average molecular weight is 212 g/mol. The summed E-state index contributed by atoms with van der Waals surface area (Å²) in [6.45, 7) is 14.2. The minimum absolute atomic E-state index is 0.620. The molecule has 0 aromatic heterocycles. The van der Waals surface area contributed by atoms with Crippen LogP contribution in [0.15, 0.2) is 0 Å². The van der Waals surface area contributed by atoms with Gasteiger partial charge in [0.1, 0.15) is 0 Å². The first kappa shape index (κ1) is 13.0. The van der Waals surface area contributed by atoms with Gasteiger partial charge in [0.15, 0.2) is 0 Å². The highest BCUT2D eigenvalue weighted by atomic mass is 15.1. The lowest BCUT2D eigenvalue weighted by Crippen LogP contribution is -2.34. The van der Waals surface area contributed by atoms with E-state index in [0.29, 0.717) is 6.04 Å². The Bertz CT molecular complexity index is 168. The summed E-state index contributed by atoms with van der Waals surface area (Å²) in [7, 11) is 0. The van der Waals surface area contributed by atoms with Gasteiger partial charge < -0.3 is 10.2 Å². The molecule has 2 atom stereocenters. The second-order valence-electron chi connectivity index (χ2n) is 5.49. The van der Waals surface area contributed by atoms with Crippen molar-refractivity contribution in [1.82, 2.24) is 10.2 Å². The van der Waals surface area contributed by atoms with Crippen molar-refractivity contribution in [1.29, 1.82) is 0 Å². The molecule has 2 nitrogen and oxygen atoms in total. The molecule has 1 aliphatic heterocycles. The quantitative estimate of drug-likeness (QED) is 0.727. The van der Waals surface area contributed by atoms with Gasteiger partial charge >= 0.3 is 0 Å². The maximum atomic E-state index is 3.52. The third kappa shape index (κ3) is 4.98. The van der Waals surface area contributed by atoms with Crippen molar-refractivity contribution in [3.8, 4) is 0 Å². The summed E-state index contributed by atoms with van der Waals surface area (Å²) in [4.78, 5) is 2.64. The highest BCUT2D eigenvalue weighted by Crippen LogP contribution is 2.19. The second kappa shape index (κ2) is 6.49. The van der Waals surface area contributed by atoms with E-state index in [1.165, 1.54) is 32.5 Å². The molecule has 0 spiro atoms. The van der Waals surface area contributed by atoms with Crippen molar-refractivity contribution in [3.05, 3.63) is 0 Å². The summed E-state index contributed by atoms with van der Waals surface area (Å²) in [5.74, 6) is 1.75. The summed E-state index contributed by atoms with van der Waals surface area (Å²) in [6, 6.07) is 0.620. The maximum Gasteiger partial charge on any atom is 0.00193 e. The lowest BCUT2D eigenvalue weighted by molar-refractivity contribution is 0.270. The van der Waals surface area contributed by atoms with Crippen LogP contribution >= 0.6 is 0 Å². The van der Waals surface area contributed by atoms with E-state index in [0.717, 1.165) is 18.4 Å². The van der Waals surface area contributed by atoms with Gasteiger partial charge in [-0.25, -0.2) is 0 Å². The fourth-order valence-electron chi connectivity index (χ4n) is 2.35. The topological polar surface area (TPSA) is 15.3 Å². The molecule has 1 heterocycles. The van der Waals surface area contributed by atoms with Crippen LogP contribution in [-0.2, 0) is 0 Å². The first-order valence-corrected chi connectivity index (χ1v) is 6.57. The summed E-state index contributed by atoms with van der Waals surface area (Å²) >= 11 is 0. The van der Waals surface area contributed by atoms with Gasteiger partial charge in [0, 0.05) is 19.1 Å². The number of likely N-dealkylation sites (tertiary alicyclic amines) is 1. The van der Waals surface area contributed by atoms with Gasteiger partial charge in [-0.3, -0.25) is 0 Å². The third-order valence-corrected chi connectivity index (χ3v) is 3.39. The average Bonchev–Trinajstić information content (AvgIpc) is 2.62. The summed E-state index contributed by atoms with van der Waals surface area (Å²) in [6.07, 6.45) is 2.77. The Hall–Kier alpha value is -0.0800. The fourth-order valence-corrected chi connectivity index (χ4v) is 2.35. The van der Waals surface area contributed by atoms with Gasteiger partial charge in [-0.05, 0) is 31.3 Å². The number of rotatable bonds is 6. The molecule has 1 fully saturated rings. The molecule has 0 amide bonds. The summed E-state index contributed by atoms with van der Waals surface area (Å²) in [5, 5.41) is 3.52. The lowest BCUT2D eigenvalue weighted by atomic mass is 10.1. The predicted molar refractivity (Wildman–Crippen MR) is 67.1 cm³/mol. The fraction of sp³-hybridized carbons (Fsp3) is 1.00. The van der Waals surface area contributed by atoms with Gasteiger partial charge in [-0.2, -0.15) is 0 Å². The Kier molecular flexibility index (Phi) is 5.62. The van der Waals surface area contributed by atoms with Crippen LogP contribution in [0.3, 0.4) is 0 Å². The molecule has 0 aromatic carbocycles. The lowest BCUT2D eigenvalue weighted by Gasteiger charge is -2.22. The zero-order chi connectivity index (χ0) is 11.3. The van der Waals surface area contributed by atoms with Crippen molar-refractivity contribution < 1.29 is 0 Å². The van der Waals surface area contributed by atoms with Crippen molar-refractivity contribution in [2.24, 2.45) is 11.8 Å². The summed E-state index contributed by atoms with van der Waals surface area (Å²) in [5.41, 5.74) is 0. The van der Waals surface area contributed by atoms with Crippen molar-refractivity contribution in [2.75, 3.05) is 26.2 Å². The van der Waals surface area contributed by atoms with Crippen molar-refractivity contribution >= 4 is 0 Å². The van der Waals surface area contributed by atoms with E-state index >= 15 is 0 Å². The minimum Gasteiger partial charge on any atom is -0.314 e. The van der Waals surface area contributed by atoms with Crippen LogP contribution in [0.1, 0.15) is 40.5 Å². The molecule has 1 saturated heterocycles. The van der Waals surface area contributed by atoms with Crippen LogP contribution in [0, 0.1) is 11.8 Å². The standard InChI is InChI=1S/C13H28N2/c1-5-13-6-7-15(10-13)9-12(4)8-14-11(2)3/h11-14H,5-10H2,1-4H3. The molecule has 0 radical (unpaired) electrons. The van der Waals surface area contributed by atoms with E-state index in [4.69, 9.17) is 0 Å². The van der Waals surface area contributed by atoms with E-state index in [1.54, 1.807) is 0 Å². The van der Waals surface area contributed by atoms with E-state index in [2.05, 4.69) is 37.9 Å². The van der Waals surface area contributed by atoms with Crippen molar-refractivity contribution in [3.63, 3.8) is 0 Å². The SMILES string of the molecule is CCC1CCN(CC(C)CNC(C)C)C1. The minimum atomic E-state index is 0.620. The first-order valence-electron chi connectivity index (χ1n) is 6.57. The molecule has 0 aromatic rings. The van der Waals surface area contributed by atoms with E-state index in [1.807, 2.05) is 0 Å². The number of hydrogen-bond acceptors (Lipinski definition) is 2. The Morgan fingerprint density at radius 2 is 2.07 bits per heavy atom. The number of hydrogen-bond donors (Lipinski definition) is 1. The summed E-state index contributed by atoms with van der Waals surface area (Å²) < 4.78 is 0. The highest BCUT2D eigenvalue weighted by molar-refractivity contribution is 4.76. The van der Waals surface area contributed by atoms with Crippen LogP contribution in [0.4, 0.5) is 0 Å². The van der Waals surface area contributed by atoms with Gasteiger partial charge in [0.2, 0.25) is 0 Å². The molecule has 2 unspecified atom stereocenters. The monoisotopic (exact) mass is 212 g/mol. The van der Waals surface area contributed by atoms with Gasteiger partial charge in [0.25, 0.3) is 0 Å². The maximum absolute atomic E-state index is 3.52. The molecule has 0 aliphatic carbocycles. The Morgan fingerprint density at radius 1 is 1.33 bits per heavy atom. The van der Waals surface area contributed by atoms with Gasteiger partial charge in [0.05, 0.1) is 0 Å². The van der Waals surface area contributed by atoms with Crippen LogP contribution in [0.2, 0.25) is 0 Å². The zero-order valence-corrected chi connectivity index (χ0v) is 10.9. The normalized spacial score (nSPS) is 25.0. The van der Waals surface area contributed by atoms with E-state index in [9.17, 15) is 0 Å². The Morgan fingerprint density at radius 3 is 2.60 bits per heavy atom. The second-order valence-corrected chi connectivity index (χ2v) is 5.49. The molecule has 90 valence electrons. The molecule has 0 bridgehead atoms. The Labute approximate surface area is 95.4 Å². The molecule has 1 N–H and O–H groups in total. The zero-order valence-electron chi connectivity index (χ0n) is 10.9. The number of nitrogens with zero attached hydrogens (tertiary/aromatic N) is 1. The number of nitrogens with one attached hydrogen (secondary N) is 1. The van der Waals surface area contributed by atoms with E-state index < -0.39 is 0 Å².